The first-order valence-corrected chi connectivity index (χ1v) is 9.16. The van der Waals surface area contributed by atoms with E-state index in [1.165, 1.54) is 18.2 Å². The molecule has 0 bridgehead atoms. The van der Waals surface area contributed by atoms with Crippen molar-refractivity contribution < 1.29 is 14.2 Å². The number of carbonyl (C=O) groups excluding carboxylic acids is 1. The van der Waals surface area contributed by atoms with Crippen LogP contribution in [0.15, 0.2) is 47.0 Å². The summed E-state index contributed by atoms with van der Waals surface area (Å²) in [5, 5.41) is 15.9. The maximum atomic E-state index is 13.0. The molecule has 0 aliphatic carbocycles. The number of non-ortho nitro benzene ring substituents is 1. The molecular weight excluding hydrogens is 405 g/mol. The molecule has 0 unspecified atom stereocenters. The van der Waals surface area contributed by atoms with E-state index in [4.69, 9.17) is 27.7 Å². The van der Waals surface area contributed by atoms with E-state index in [0.29, 0.717) is 23.7 Å². The second-order valence-electron chi connectivity index (χ2n) is 6.34. The molecule has 7 nitrogen and oxygen atoms in total. The van der Waals surface area contributed by atoms with Crippen molar-refractivity contribution in [3.05, 3.63) is 79.4 Å². The molecule has 0 saturated carbocycles. The lowest BCUT2D eigenvalue weighted by Gasteiger charge is -2.26. The predicted molar refractivity (Wildman–Crippen MR) is 103 cm³/mol. The van der Waals surface area contributed by atoms with Crippen molar-refractivity contribution >= 4 is 34.8 Å². The molecular formula is C19H13Cl2N3O4. The lowest BCUT2D eigenvalue weighted by molar-refractivity contribution is -0.384. The summed E-state index contributed by atoms with van der Waals surface area (Å²) in [7, 11) is 0. The third-order valence-corrected chi connectivity index (χ3v) is 5.20. The van der Waals surface area contributed by atoms with Crippen LogP contribution in [0.4, 0.5) is 5.69 Å². The van der Waals surface area contributed by atoms with Crippen LogP contribution in [-0.2, 0) is 13.0 Å². The molecule has 9 heteroatoms. The van der Waals surface area contributed by atoms with Gasteiger partial charge in [0.2, 0.25) is 0 Å². The minimum absolute atomic E-state index is 0.101. The highest BCUT2D eigenvalue weighted by Gasteiger charge is 2.29. The van der Waals surface area contributed by atoms with Gasteiger partial charge in [0.05, 0.1) is 27.7 Å². The number of nitro benzene ring substituents is 1. The Labute approximate surface area is 169 Å². The molecule has 3 aromatic rings. The van der Waals surface area contributed by atoms with Crippen LogP contribution >= 0.6 is 23.2 Å². The number of nitrogens with zero attached hydrogens (tertiary/aromatic N) is 3. The molecule has 4 rings (SSSR count). The maximum absolute atomic E-state index is 13.0. The molecule has 142 valence electrons. The van der Waals surface area contributed by atoms with Gasteiger partial charge >= 0.3 is 0 Å². The summed E-state index contributed by atoms with van der Waals surface area (Å²) in [5.74, 6) is 0.205. The van der Waals surface area contributed by atoms with E-state index in [1.54, 1.807) is 17.0 Å². The molecule has 1 aromatic heterocycles. The van der Waals surface area contributed by atoms with E-state index < -0.39 is 4.92 Å². The summed E-state index contributed by atoms with van der Waals surface area (Å²) >= 11 is 12.1. The van der Waals surface area contributed by atoms with Crippen molar-refractivity contribution in [3.63, 3.8) is 0 Å². The van der Waals surface area contributed by atoms with Gasteiger partial charge in [-0.05, 0) is 30.3 Å². The van der Waals surface area contributed by atoms with Crippen molar-refractivity contribution in [1.82, 2.24) is 10.1 Å². The van der Waals surface area contributed by atoms with Crippen molar-refractivity contribution in [1.29, 1.82) is 0 Å². The fraction of sp³-hybridized carbons (Fsp3) is 0.158. The lowest BCUT2D eigenvalue weighted by atomic mass is 10.0. The highest BCUT2D eigenvalue weighted by molar-refractivity contribution is 6.34. The topological polar surface area (TPSA) is 89.5 Å². The average Bonchev–Trinajstić information content (AvgIpc) is 3.11. The van der Waals surface area contributed by atoms with Gasteiger partial charge in [-0.15, -0.1) is 0 Å². The Bertz CT molecular complexity index is 1080. The molecule has 0 N–H and O–H groups in total. The van der Waals surface area contributed by atoms with Gasteiger partial charge in [0.1, 0.15) is 0 Å². The highest BCUT2D eigenvalue weighted by atomic mass is 35.5. The van der Waals surface area contributed by atoms with Crippen LogP contribution in [0, 0.1) is 10.1 Å². The van der Waals surface area contributed by atoms with Crippen LogP contribution in [0.2, 0.25) is 10.0 Å². The zero-order valence-electron chi connectivity index (χ0n) is 14.4. The summed E-state index contributed by atoms with van der Waals surface area (Å²) < 4.78 is 5.51. The van der Waals surface area contributed by atoms with Crippen LogP contribution in [0.1, 0.15) is 21.6 Å². The lowest BCUT2D eigenvalue weighted by Crippen LogP contribution is -2.36. The molecule has 0 saturated heterocycles. The Kier molecular flexibility index (Phi) is 4.78. The highest BCUT2D eigenvalue weighted by Crippen LogP contribution is 2.32. The SMILES string of the molecule is O=C(c1cc([N+](=O)[O-])ccc1Cl)N1CCc2noc(-c3ccc(Cl)cc3)c2C1. The molecule has 1 aliphatic rings. The first kappa shape index (κ1) is 18.5. The molecule has 28 heavy (non-hydrogen) atoms. The Morgan fingerprint density at radius 1 is 1.18 bits per heavy atom. The third kappa shape index (κ3) is 3.34. The Hall–Kier alpha value is -2.90. The Balaban J connectivity index is 1.65. The van der Waals surface area contributed by atoms with Crippen molar-refractivity contribution in [2.45, 2.75) is 13.0 Å². The van der Waals surface area contributed by atoms with E-state index in [2.05, 4.69) is 5.16 Å². The molecule has 1 amide bonds. The smallest absolute Gasteiger partial charge is 0.270 e. The quantitative estimate of drug-likeness (QED) is 0.452. The molecule has 0 radical (unpaired) electrons. The maximum Gasteiger partial charge on any atom is 0.270 e. The number of hydrogen-bond donors (Lipinski definition) is 0. The molecule has 0 spiro atoms. The van der Waals surface area contributed by atoms with E-state index in [1.807, 2.05) is 12.1 Å². The molecule has 0 atom stereocenters. The van der Waals surface area contributed by atoms with Gasteiger partial charge in [0, 0.05) is 41.2 Å². The first-order chi connectivity index (χ1) is 13.4. The van der Waals surface area contributed by atoms with E-state index in [-0.39, 0.29) is 28.7 Å². The number of benzene rings is 2. The Morgan fingerprint density at radius 2 is 1.93 bits per heavy atom. The van der Waals surface area contributed by atoms with Crippen LogP contribution in [0.5, 0.6) is 0 Å². The first-order valence-electron chi connectivity index (χ1n) is 8.40. The van der Waals surface area contributed by atoms with Crippen molar-refractivity contribution in [3.8, 4) is 11.3 Å². The van der Waals surface area contributed by atoms with Gasteiger partial charge in [0.15, 0.2) is 5.76 Å². The zero-order chi connectivity index (χ0) is 19.8. The monoisotopic (exact) mass is 417 g/mol. The summed E-state index contributed by atoms with van der Waals surface area (Å²) in [4.78, 5) is 25.0. The fourth-order valence-corrected chi connectivity index (χ4v) is 3.50. The van der Waals surface area contributed by atoms with Crippen LogP contribution in [0.25, 0.3) is 11.3 Å². The molecule has 2 heterocycles. The number of carbonyl (C=O) groups is 1. The summed E-state index contributed by atoms with van der Waals surface area (Å²) in [5.41, 5.74) is 2.32. The number of hydrogen-bond acceptors (Lipinski definition) is 5. The minimum Gasteiger partial charge on any atom is -0.356 e. The van der Waals surface area contributed by atoms with Gasteiger partial charge < -0.3 is 9.42 Å². The summed E-state index contributed by atoms with van der Waals surface area (Å²) in [6.07, 6.45) is 0.519. The third-order valence-electron chi connectivity index (χ3n) is 4.62. The number of rotatable bonds is 3. The summed E-state index contributed by atoms with van der Waals surface area (Å²) in [6.45, 7) is 0.687. The van der Waals surface area contributed by atoms with Crippen LogP contribution < -0.4 is 0 Å². The molecule has 0 fully saturated rings. The summed E-state index contributed by atoms with van der Waals surface area (Å²) in [6, 6.07) is 11.0. The fourth-order valence-electron chi connectivity index (χ4n) is 3.17. The van der Waals surface area contributed by atoms with Crippen molar-refractivity contribution in [2.75, 3.05) is 6.54 Å². The minimum atomic E-state index is -0.556. The second-order valence-corrected chi connectivity index (χ2v) is 7.19. The number of fused-ring (bicyclic) bond motifs is 1. The van der Waals surface area contributed by atoms with E-state index in [0.717, 1.165) is 16.8 Å². The Morgan fingerprint density at radius 3 is 2.64 bits per heavy atom. The molecule has 1 aliphatic heterocycles. The normalized spacial score (nSPS) is 13.3. The van der Waals surface area contributed by atoms with Gasteiger partial charge in [-0.25, -0.2) is 0 Å². The van der Waals surface area contributed by atoms with Crippen molar-refractivity contribution in [2.24, 2.45) is 0 Å². The number of nitro groups is 1. The van der Waals surface area contributed by atoms with E-state index >= 15 is 0 Å². The van der Waals surface area contributed by atoms with Gasteiger partial charge in [-0.2, -0.15) is 0 Å². The van der Waals surface area contributed by atoms with Crippen LogP contribution in [-0.4, -0.2) is 27.4 Å². The zero-order valence-corrected chi connectivity index (χ0v) is 15.9. The van der Waals surface area contributed by atoms with Gasteiger partial charge in [-0.1, -0.05) is 28.4 Å². The largest absolute Gasteiger partial charge is 0.356 e. The second kappa shape index (κ2) is 7.26. The number of aromatic nitrogens is 1. The van der Waals surface area contributed by atoms with Gasteiger partial charge in [-0.3, -0.25) is 14.9 Å². The standard InChI is InChI=1S/C19H13Cl2N3O4/c20-12-3-1-11(2-4-12)18-15-10-23(8-7-17(15)22-28-18)19(25)14-9-13(24(26)27)5-6-16(14)21/h1-6,9H,7-8,10H2. The van der Waals surface area contributed by atoms with E-state index in [9.17, 15) is 14.9 Å². The average molecular weight is 418 g/mol. The molecule has 2 aromatic carbocycles. The van der Waals surface area contributed by atoms with Crippen LogP contribution in [0.3, 0.4) is 0 Å². The number of amides is 1. The van der Waals surface area contributed by atoms with Gasteiger partial charge in [0.25, 0.3) is 11.6 Å². The number of halogens is 2. The predicted octanol–water partition coefficient (Wildman–Crippen LogP) is 4.76.